The molecule has 44 heavy (non-hydrogen) atoms. The molecule has 6 atom stereocenters. The number of allylic oxidation sites excluding steroid dienone is 8. The van der Waals surface area contributed by atoms with Crippen LogP contribution in [0.15, 0.2) is 127 Å². The van der Waals surface area contributed by atoms with E-state index in [4.69, 9.17) is 23.7 Å². The third-order valence-electron chi connectivity index (χ3n) is 8.34. The average Bonchev–Trinajstić information content (AvgIpc) is 3.08. The molecule has 4 heterocycles. The largest absolute Gasteiger partial charge is 0.494 e. The number of benzene rings is 1. The Kier molecular flexibility index (Phi) is 10.7. The number of unbranched alkanes of at least 4 members (excludes halogenated alkanes) is 3. The van der Waals surface area contributed by atoms with Gasteiger partial charge >= 0.3 is 5.79 Å². The number of aliphatic hydroxyl groups is 1. The fourth-order valence-corrected chi connectivity index (χ4v) is 6.52. The Labute approximate surface area is 267 Å². The first-order chi connectivity index (χ1) is 21.5. The summed E-state index contributed by atoms with van der Waals surface area (Å²) in [6.45, 7) is 2.16. The first-order valence-corrected chi connectivity index (χ1v) is 16.0. The van der Waals surface area contributed by atoms with Crippen LogP contribution < -0.4 is 4.74 Å². The summed E-state index contributed by atoms with van der Waals surface area (Å²) in [7, 11) is 0. The maximum atomic E-state index is 15.7. The molecule has 0 amide bonds. The lowest BCUT2D eigenvalue weighted by Crippen LogP contribution is -2.69. The molecule has 4 aliphatic rings. The van der Waals surface area contributed by atoms with Crippen LogP contribution in [0.3, 0.4) is 0 Å². The average molecular weight is 664 g/mol. The highest BCUT2D eigenvalue weighted by Crippen LogP contribution is 2.51. The summed E-state index contributed by atoms with van der Waals surface area (Å²) < 4.78 is 31.9. The Balaban J connectivity index is 1.71. The van der Waals surface area contributed by atoms with E-state index in [2.05, 4.69) is 22.9 Å². The van der Waals surface area contributed by atoms with Gasteiger partial charge in [-0.15, -0.1) is 0 Å². The fraction of sp³-hybridized carbons (Fsp3) is 0.361. The minimum absolute atomic E-state index is 0.292. The van der Waals surface area contributed by atoms with Crippen molar-refractivity contribution in [3.8, 4) is 5.75 Å². The predicted octanol–water partition coefficient (Wildman–Crippen LogP) is 7.53. The molecular weight excluding hydrogens is 624 g/mol. The van der Waals surface area contributed by atoms with Gasteiger partial charge in [-0.25, -0.2) is 0 Å². The van der Waals surface area contributed by atoms with Crippen LogP contribution in [0.2, 0.25) is 0 Å². The molecule has 8 heteroatoms. The number of halogens is 1. The van der Waals surface area contributed by atoms with Crippen molar-refractivity contribution in [1.29, 1.82) is 0 Å². The third kappa shape index (κ3) is 6.66. The molecule has 0 radical (unpaired) electrons. The van der Waals surface area contributed by atoms with Gasteiger partial charge < -0.3 is 28.8 Å². The summed E-state index contributed by atoms with van der Waals surface area (Å²) >= 11 is 3.45. The molecule has 1 N–H and O–H groups in total. The van der Waals surface area contributed by atoms with Gasteiger partial charge in [-0.1, -0.05) is 72.8 Å². The zero-order valence-electron chi connectivity index (χ0n) is 24.7. The Morgan fingerprint density at radius 3 is 1.82 bits per heavy atom. The van der Waals surface area contributed by atoms with Crippen molar-refractivity contribution in [2.45, 2.75) is 69.2 Å². The number of Topliss-reactive ketones (excluding diaryl/α,β-unsaturated/α-hetero) is 1. The van der Waals surface area contributed by atoms with Crippen LogP contribution in [0.5, 0.6) is 5.75 Å². The smallest absolute Gasteiger partial charge is 0.310 e. The molecule has 0 saturated heterocycles. The summed E-state index contributed by atoms with van der Waals surface area (Å²) in [6.07, 6.45) is 29.0. The van der Waals surface area contributed by atoms with E-state index in [1.165, 1.54) is 6.26 Å². The van der Waals surface area contributed by atoms with E-state index < -0.39 is 47.3 Å². The van der Waals surface area contributed by atoms with E-state index in [0.717, 1.165) is 30.2 Å². The summed E-state index contributed by atoms with van der Waals surface area (Å²) in [5.74, 6) is -3.36. The fourth-order valence-electron chi connectivity index (χ4n) is 6.26. The van der Waals surface area contributed by atoms with Gasteiger partial charge in [-0.2, -0.15) is 0 Å². The zero-order chi connectivity index (χ0) is 30.8. The topological polar surface area (TPSA) is 83.5 Å². The van der Waals surface area contributed by atoms with Gasteiger partial charge in [0.15, 0.2) is 6.10 Å². The minimum atomic E-state index is -2.50. The highest BCUT2D eigenvalue weighted by Gasteiger charge is 2.67. The molecule has 7 nitrogen and oxygen atoms in total. The van der Waals surface area contributed by atoms with Crippen molar-refractivity contribution in [3.05, 3.63) is 127 Å². The van der Waals surface area contributed by atoms with Crippen molar-refractivity contribution in [3.63, 3.8) is 0 Å². The zero-order valence-corrected chi connectivity index (χ0v) is 26.3. The maximum absolute atomic E-state index is 15.7. The number of hydrogen-bond donors (Lipinski definition) is 1. The van der Waals surface area contributed by atoms with Crippen LogP contribution in [0.1, 0.15) is 39.0 Å². The summed E-state index contributed by atoms with van der Waals surface area (Å²) in [4.78, 5) is 15.7. The summed E-state index contributed by atoms with van der Waals surface area (Å²) in [5, 5.41) is 12.7. The molecule has 1 aromatic carbocycles. The Hall–Kier alpha value is -3.75. The van der Waals surface area contributed by atoms with Gasteiger partial charge in [0.2, 0.25) is 5.78 Å². The normalized spacial score (nSPS) is 26.4. The second-order valence-corrected chi connectivity index (χ2v) is 12.0. The van der Waals surface area contributed by atoms with Gasteiger partial charge in [0.05, 0.1) is 25.0 Å². The van der Waals surface area contributed by atoms with Gasteiger partial charge in [0.1, 0.15) is 29.5 Å². The van der Waals surface area contributed by atoms with Crippen molar-refractivity contribution >= 4 is 21.7 Å². The Morgan fingerprint density at radius 1 is 0.773 bits per heavy atom. The second-order valence-electron chi connectivity index (χ2n) is 11.1. The standard InChI is InChI=1S/C36H39BrO7/c1-2-3-4-5-14-29(30-15-6-10-23-40-30)35(31-16-7-11-24-41-31,32-17-8-12-25-42-32)34(38)36(39,33-18-9-13-26-43-33)44-28-21-19-27(37)20-22-28/h6-13,15-26,29-33,39H,2-5,14H2,1H3. The van der Waals surface area contributed by atoms with E-state index in [9.17, 15) is 5.11 Å². The molecule has 0 aliphatic carbocycles. The molecule has 1 aromatic rings. The molecule has 5 rings (SSSR count). The number of ketones is 1. The van der Waals surface area contributed by atoms with E-state index in [0.29, 0.717) is 12.2 Å². The number of carbonyl (C=O) groups is 1. The molecule has 0 aromatic heterocycles. The number of carbonyl (C=O) groups excluding carboxylic acids is 1. The molecule has 232 valence electrons. The highest BCUT2D eigenvalue weighted by molar-refractivity contribution is 9.10. The van der Waals surface area contributed by atoms with E-state index in [1.54, 1.807) is 73.4 Å². The lowest BCUT2D eigenvalue weighted by atomic mass is 9.58. The SMILES string of the molecule is CCCCCCC(C1C=CC=CO1)C(C(=O)C(O)(Oc1ccc(Br)cc1)C1C=CC=CO1)(C1C=CC=CO1)C1C=CC=CO1. The van der Waals surface area contributed by atoms with Crippen LogP contribution in [0.4, 0.5) is 0 Å². The Morgan fingerprint density at radius 2 is 1.32 bits per heavy atom. The van der Waals surface area contributed by atoms with Crippen molar-refractivity contribution in [1.82, 2.24) is 0 Å². The molecular formula is C36H39BrO7. The van der Waals surface area contributed by atoms with Crippen LogP contribution in [-0.2, 0) is 23.7 Å². The van der Waals surface area contributed by atoms with E-state index >= 15 is 4.79 Å². The minimum Gasteiger partial charge on any atom is -0.494 e. The molecule has 0 saturated carbocycles. The highest BCUT2D eigenvalue weighted by atomic mass is 79.9. The predicted molar refractivity (Wildman–Crippen MR) is 172 cm³/mol. The van der Waals surface area contributed by atoms with Gasteiger partial charge in [-0.3, -0.25) is 4.79 Å². The quantitative estimate of drug-likeness (QED) is 0.163. The molecule has 4 aliphatic heterocycles. The first kappa shape index (κ1) is 31.7. The van der Waals surface area contributed by atoms with E-state index in [1.807, 2.05) is 42.5 Å². The molecule has 0 bridgehead atoms. The van der Waals surface area contributed by atoms with Crippen LogP contribution >= 0.6 is 15.9 Å². The van der Waals surface area contributed by atoms with Crippen molar-refractivity contribution in [2.24, 2.45) is 11.3 Å². The number of rotatable bonds is 14. The number of ether oxygens (including phenoxy) is 5. The number of hydrogen-bond acceptors (Lipinski definition) is 7. The lowest BCUT2D eigenvalue weighted by molar-refractivity contribution is -0.225. The van der Waals surface area contributed by atoms with Crippen LogP contribution in [-0.4, -0.2) is 41.1 Å². The lowest BCUT2D eigenvalue weighted by Gasteiger charge is -2.51. The molecule has 6 unspecified atom stereocenters. The Bertz CT molecular complexity index is 1340. The maximum Gasteiger partial charge on any atom is 0.310 e. The summed E-state index contributed by atoms with van der Waals surface area (Å²) in [6, 6.07) is 6.94. The van der Waals surface area contributed by atoms with Gasteiger partial charge in [0, 0.05) is 10.4 Å². The van der Waals surface area contributed by atoms with Gasteiger partial charge in [0.25, 0.3) is 0 Å². The van der Waals surface area contributed by atoms with E-state index in [-0.39, 0.29) is 0 Å². The van der Waals surface area contributed by atoms with Crippen molar-refractivity contribution in [2.75, 3.05) is 0 Å². The van der Waals surface area contributed by atoms with Crippen LogP contribution in [0.25, 0.3) is 0 Å². The first-order valence-electron chi connectivity index (χ1n) is 15.2. The molecule has 0 fully saturated rings. The monoisotopic (exact) mass is 662 g/mol. The van der Waals surface area contributed by atoms with Crippen LogP contribution in [0, 0.1) is 11.3 Å². The summed E-state index contributed by atoms with van der Waals surface area (Å²) in [5.41, 5.74) is -1.56. The van der Waals surface area contributed by atoms with Crippen molar-refractivity contribution < 1.29 is 33.6 Å². The molecule has 0 spiro atoms. The third-order valence-corrected chi connectivity index (χ3v) is 8.87. The van der Waals surface area contributed by atoms with Gasteiger partial charge in [-0.05, 0) is 79.3 Å². The second kappa shape index (κ2) is 14.8.